The predicted octanol–water partition coefficient (Wildman–Crippen LogP) is 3.11. The number of amides is 1. The molecule has 6 nitrogen and oxygen atoms in total. The zero-order valence-electron chi connectivity index (χ0n) is 16.2. The van der Waals surface area contributed by atoms with Gasteiger partial charge in [-0.2, -0.15) is 4.31 Å². The highest BCUT2D eigenvalue weighted by atomic mass is 32.2. The van der Waals surface area contributed by atoms with Crippen LogP contribution in [0.1, 0.15) is 32.4 Å². The molecule has 152 valence electrons. The molecule has 0 aliphatic heterocycles. The number of rotatable bonds is 9. The van der Waals surface area contributed by atoms with E-state index in [1.807, 2.05) is 6.92 Å². The van der Waals surface area contributed by atoms with Gasteiger partial charge in [-0.25, -0.2) is 12.8 Å². The quantitative estimate of drug-likeness (QED) is 0.692. The number of sulfonamides is 1. The average Bonchev–Trinajstić information content (AvgIpc) is 2.67. The first-order chi connectivity index (χ1) is 13.3. The van der Waals surface area contributed by atoms with Gasteiger partial charge in [0, 0.05) is 6.54 Å². The van der Waals surface area contributed by atoms with Gasteiger partial charge in [-0.05, 0) is 55.8 Å². The number of benzene rings is 2. The van der Waals surface area contributed by atoms with E-state index in [2.05, 4.69) is 5.32 Å². The molecule has 1 atom stereocenters. The Morgan fingerprint density at radius 2 is 1.71 bits per heavy atom. The maximum atomic E-state index is 13.0. The number of carbonyl (C=O) groups is 1. The molecule has 28 heavy (non-hydrogen) atoms. The topological polar surface area (TPSA) is 75.7 Å². The molecule has 1 unspecified atom stereocenters. The average molecular weight is 408 g/mol. The zero-order chi connectivity index (χ0) is 20.7. The van der Waals surface area contributed by atoms with Crippen LogP contribution < -0.4 is 10.1 Å². The summed E-state index contributed by atoms with van der Waals surface area (Å²) in [6, 6.07) is 11.5. The van der Waals surface area contributed by atoms with Crippen molar-refractivity contribution < 1.29 is 22.3 Å². The van der Waals surface area contributed by atoms with Gasteiger partial charge in [0.2, 0.25) is 15.9 Å². The molecule has 0 saturated carbocycles. The number of nitrogens with one attached hydrogen (secondary N) is 1. The second-order valence-electron chi connectivity index (χ2n) is 6.18. The van der Waals surface area contributed by atoms with Crippen molar-refractivity contribution in [1.29, 1.82) is 0 Å². The SMILES string of the molecule is CCOc1ccc(S(=O)(=O)N(CC)CC(=O)NC(C)c2ccc(F)cc2)cc1. The van der Waals surface area contributed by atoms with E-state index in [4.69, 9.17) is 4.74 Å². The molecule has 1 amide bonds. The van der Waals surface area contributed by atoms with E-state index in [0.717, 1.165) is 9.87 Å². The molecule has 0 spiro atoms. The molecule has 2 aromatic carbocycles. The van der Waals surface area contributed by atoms with Crippen LogP contribution in [0.4, 0.5) is 4.39 Å². The maximum absolute atomic E-state index is 13.0. The van der Waals surface area contributed by atoms with Crippen molar-refractivity contribution in [2.45, 2.75) is 31.7 Å². The lowest BCUT2D eigenvalue weighted by Crippen LogP contribution is -2.41. The van der Waals surface area contributed by atoms with Gasteiger partial charge in [0.05, 0.1) is 24.1 Å². The van der Waals surface area contributed by atoms with Gasteiger partial charge < -0.3 is 10.1 Å². The summed E-state index contributed by atoms with van der Waals surface area (Å²) in [6.45, 7) is 5.59. The van der Waals surface area contributed by atoms with E-state index < -0.39 is 15.9 Å². The Labute approximate surface area is 165 Å². The van der Waals surface area contributed by atoms with Crippen LogP contribution >= 0.6 is 0 Å². The third kappa shape index (κ3) is 5.53. The molecule has 0 saturated heterocycles. The Kier molecular flexibility index (Phi) is 7.53. The second kappa shape index (κ2) is 9.66. The number of ether oxygens (including phenoxy) is 1. The summed E-state index contributed by atoms with van der Waals surface area (Å²) in [4.78, 5) is 12.5. The van der Waals surface area contributed by atoms with E-state index >= 15 is 0 Å². The van der Waals surface area contributed by atoms with Crippen molar-refractivity contribution in [1.82, 2.24) is 9.62 Å². The molecule has 2 aromatic rings. The number of halogens is 1. The van der Waals surface area contributed by atoms with Gasteiger partial charge in [0.25, 0.3) is 0 Å². The third-order valence-corrected chi connectivity index (χ3v) is 6.13. The minimum atomic E-state index is -3.82. The minimum absolute atomic E-state index is 0.0946. The van der Waals surface area contributed by atoms with Crippen LogP contribution in [0, 0.1) is 5.82 Å². The summed E-state index contributed by atoms with van der Waals surface area (Å²) in [5.74, 6) is -0.218. The monoisotopic (exact) mass is 408 g/mol. The van der Waals surface area contributed by atoms with Gasteiger partial charge in [-0.15, -0.1) is 0 Å². The van der Waals surface area contributed by atoms with E-state index in [0.29, 0.717) is 12.4 Å². The highest BCUT2D eigenvalue weighted by Gasteiger charge is 2.25. The van der Waals surface area contributed by atoms with E-state index in [9.17, 15) is 17.6 Å². The number of carbonyl (C=O) groups excluding carboxylic acids is 1. The molecule has 0 bridgehead atoms. The highest BCUT2D eigenvalue weighted by Crippen LogP contribution is 2.20. The molecule has 0 aromatic heterocycles. The van der Waals surface area contributed by atoms with Crippen LogP contribution in [-0.2, 0) is 14.8 Å². The van der Waals surface area contributed by atoms with Gasteiger partial charge in [0.1, 0.15) is 11.6 Å². The Morgan fingerprint density at radius 1 is 1.11 bits per heavy atom. The molecule has 0 aliphatic rings. The fourth-order valence-electron chi connectivity index (χ4n) is 2.67. The van der Waals surface area contributed by atoms with Crippen molar-refractivity contribution >= 4 is 15.9 Å². The molecule has 2 rings (SSSR count). The van der Waals surface area contributed by atoms with Crippen LogP contribution in [0.5, 0.6) is 5.75 Å². The van der Waals surface area contributed by atoms with Gasteiger partial charge in [0.15, 0.2) is 0 Å². The van der Waals surface area contributed by atoms with E-state index in [-0.39, 0.29) is 29.8 Å². The lowest BCUT2D eigenvalue weighted by molar-refractivity contribution is -0.121. The predicted molar refractivity (Wildman–Crippen MR) is 105 cm³/mol. The summed E-state index contributed by atoms with van der Waals surface area (Å²) in [7, 11) is -3.82. The van der Waals surface area contributed by atoms with Crippen LogP contribution in [0.3, 0.4) is 0 Å². The van der Waals surface area contributed by atoms with Crippen LogP contribution in [0.15, 0.2) is 53.4 Å². The zero-order valence-corrected chi connectivity index (χ0v) is 17.0. The van der Waals surface area contributed by atoms with Gasteiger partial charge >= 0.3 is 0 Å². The maximum Gasteiger partial charge on any atom is 0.243 e. The third-order valence-electron chi connectivity index (χ3n) is 4.19. The number of hydrogen-bond donors (Lipinski definition) is 1. The van der Waals surface area contributed by atoms with Crippen LogP contribution in [-0.4, -0.2) is 38.3 Å². The normalized spacial score (nSPS) is 12.6. The molecule has 8 heteroatoms. The number of nitrogens with zero attached hydrogens (tertiary/aromatic N) is 1. The van der Waals surface area contributed by atoms with Gasteiger partial charge in [-0.1, -0.05) is 19.1 Å². The fraction of sp³-hybridized carbons (Fsp3) is 0.350. The Balaban J connectivity index is 2.06. The summed E-state index contributed by atoms with van der Waals surface area (Å²) < 4.78 is 45.1. The Morgan fingerprint density at radius 3 is 2.25 bits per heavy atom. The smallest absolute Gasteiger partial charge is 0.243 e. The van der Waals surface area contributed by atoms with Gasteiger partial charge in [-0.3, -0.25) is 4.79 Å². The Hall–Kier alpha value is -2.45. The molecular weight excluding hydrogens is 383 g/mol. The van der Waals surface area contributed by atoms with Crippen molar-refractivity contribution in [3.8, 4) is 5.75 Å². The van der Waals surface area contributed by atoms with E-state index in [1.165, 1.54) is 24.3 Å². The van der Waals surface area contributed by atoms with E-state index in [1.54, 1.807) is 38.1 Å². The fourth-order valence-corrected chi connectivity index (χ4v) is 4.08. The van der Waals surface area contributed by atoms with Crippen molar-refractivity contribution in [2.75, 3.05) is 19.7 Å². The van der Waals surface area contributed by atoms with Crippen molar-refractivity contribution in [3.63, 3.8) is 0 Å². The molecule has 0 aliphatic carbocycles. The number of likely N-dealkylation sites (N-methyl/N-ethyl adjacent to an activating group) is 1. The summed E-state index contributed by atoms with van der Waals surface area (Å²) >= 11 is 0. The Bertz CT molecular complexity index is 883. The first-order valence-electron chi connectivity index (χ1n) is 9.05. The molecular formula is C20H25FN2O4S. The van der Waals surface area contributed by atoms with Crippen LogP contribution in [0.2, 0.25) is 0 Å². The second-order valence-corrected chi connectivity index (χ2v) is 8.11. The summed E-state index contributed by atoms with van der Waals surface area (Å²) in [5, 5.41) is 2.74. The first kappa shape index (κ1) is 21.8. The number of hydrogen-bond acceptors (Lipinski definition) is 4. The minimum Gasteiger partial charge on any atom is -0.494 e. The van der Waals surface area contributed by atoms with Crippen LogP contribution in [0.25, 0.3) is 0 Å². The molecule has 0 heterocycles. The first-order valence-corrected chi connectivity index (χ1v) is 10.5. The summed E-state index contributed by atoms with van der Waals surface area (Å²) in [5.41, 5.74) is 0.729. The molecule has 1 N–H and O–H groups in total. The van der Waals surface area contributed by atoms with Crippen molar-refractivity contribution in [3.05, 3.63) is 59.9 Å². The standard InChI is InChI=1S/C20H25FN2O4S/c1-4-23(28(25,26)19-12-10-18(11-13-19)27-5-2)14-20(24)22-15(3)16-6-8-17(21)9-7-16/h6-13,15H,4-5,14H2,1-3H3,(H,22,24). The lowest BCUT2D eigenvalue weighted by atomic mass is 10.1. The molecule has 0 radical (unpaired) electrons. The molecule has 0 fully saturated rings. The summed E-state index contributed by atoms with van der Waals surface area (Å²) in [6.07, 6.45) is 0. The largest absolute Gasteiger partial charge is 0.494 e. The van der Waals surface area contributed by atoms with Crippen molar-refractivity contribution in [2.24, 2.45) is 0 Å². The highest BCUT2D eigenvalue weighted by molar-refractivity contribution is 7.89. The lowest BCUT2D eigenvalue weighted by Gasteiger charge is -2.22.